The molecule has 70 valence electrons. The molecule has 1 rings (SSSR count). The van der Waals surface area contributed by atoms with Crippen molar-refractivity contribution < 1.29 is 4.79 Å². The first-order chi connectivity index (χ1) is 6.19. The van der Waals surface area contributed by atoms with Crippen molar-refractivity contribution in [3.8, 4) is 0 Å². The molecule has 0 aliphatic heterocycles. The molecule has 6 heteroatoms. The second kappa shape index (κ2) is 4.38. The van der Waals surface area contributed by atoms with Crippen molar-refractivity contribution in [3.05, 3.63) is 10.3 Å². The number of aryl methyl sites for hydroxylation is 1. The molecule has 1 amide bonds. The smallest absolute Gasteiger partial charge is 0.211 e. The lowest BCUT2D eigenvalue weighted by atomic mass is 10.4. The molecule has 1 heterocycles. The molecule has 0 spiro atoms. The Hall–Kier alpha value is -0.880. The van der Waals surface area contributed by atoms with Crippen LogP contribution in [0, 0.1) is 11.6 Å². The fraction of sp³-hybridized carbons (Fsp3) is 0.286. The molecule has 0 aliphatic carbocycles. The van der Waals surface area contributed by atoms with Crippen LogP contribution in [0.5, 0.6) is 0 Å². The van der Waals surface area contributed by atoms with Gasteiger partial charge in [-0.05, 0) is 13.2 Å². The summed E-state index contributed by atoms with van der Waals surface area (Å²) in [5.41, 5.74) is 1.39. The standard InChI is InChI=1S/C7H9N3OS2/c1-4-5(8-3-11)6(12)10-7(9-4)13-2/h3H,1-2H3,(H,8,11)(H,9,10,12). The van der Waals surface area contributed by atoms with E-state index in [4.69, 9.17) is 12.2 Å². The molecule has 1 aromatic heterocycles. The van der Waals surface area contributed by atoms with E-state index in [2.05, 4.69) is 15.3 Å². The van der Waals surface area contributed by atoms with Crippen molar-refractivity contribution in [2.45, 2.75) is 12.1 Å². The van der Waals surface area contributed by atoms with E-state index in [1.54, 1.807) is 0 Å². The van der Waals surface area contributed by atoms with Gasteiger partial charge < -0.3 is 10.3 Å². The van der Waals surface area contributed by atoms with Gasteiger partial charge in [0.15, 0.2) is 9.80 Å². The highest BCUT2D eigenvalue weighted by molar-refractivity contribution is 7.98. The van der Waals surface area contributed by atoms with Crippen LogP contribution < -0.4 is 5.32 Å². The monoisotopic (exact) mass is 215 g/mol. The lowest BCUT2D eigenvalue weighted by Crippen LogP contribution is -2.02. The predicted molar refractivity (Wildman–Crippen MR) is 55.6 cm³/mol. The predicted octanol–water partition coefficient (Wildman–Crippen LogP) is 1.74. The van der Waals surface area contributed by atoms with Gasteiger partial charge in [-0.15, -0.1) is 0 Å². The second-order valence-electron chi connectivity index (χ2n) is 2.31. The van der Waals surface area contributed by atoms with E-state index in [0.717, 1.165) is 10.9 Å². The second-order valence-corrected chi connectivity index (χ2v) is 3.50. The summed E-state index contributed by atoms with van der Waals surface area (Å²) in [5, 5.41) is 3.26. The third-order valence-corrected chi connectivity index (χ3v) is 2.36. The summed E-state index contributed by atoms with van der Waals surface area (Å²) in [6, 6.07) is 0. The quantitative estimate of drug-likeness (QED) is 0.349. The molecule has 0 saturated heterocycles. The summed E-state index contributed by atoms with van der Waals surface area (Å²) in [7, 11) is 0. The van der Waals surface area contributed by atoms with Crippen LogP contribution in [0.2, 0.25) is 0 Å². The highest BCUT2D eigenvalue weighted by atomic mass is 32.2. The molecule has 0 bridgehead atoms. The topological polar surface area (TPSA) is 57.8 Å². The molecular weight excluding hydrogens is 206 g/mol. The first kappa shape index (κ1) is 10.2. The number of hydrogen-bond donors (Lipinski definition) is 2. The highest BCUT2D eigenvalue weighted by Gasteiger charge is 2.02. The summed E-state index contributed by atoms with van der Waals surface area (Å²) in [6.07, 6.45) is 2.49. The molecule has 0 aliphatic rings. The van der Waals surface area contributed by atoms with Crippen LogP contribution in [-0.4, -0.2) is 22.6 Å². The number of aromatic nitrogens is 2. The largest absolute Gasteiger partial charge is 0.336 e. The van der Waals surface area contributed by atoms with Crippen molar-refractivity contribution >= 4 is 36.1 Å². The number of carbonyl (C=O) groups excluding carboxylic acids is 1. The van der Waals surface area contributed by atoms with Crippen molar-refractivity contribution in [3.63, 3.8) is 0 Å². The summed E-state index contributed by atoms with van der Waals surface area (Å²) >= 11 is 6.47. The lowest BCUT2D eigenvalue weighted by molar-refractivity contribution is -0.105. The molecule has 2 N–H and O–H groups in total. The van der Waals surface area contributed by atoms with Gasteiger partial charge in [0.05, 0.1) is 5.69 Å². The van der Waals surface area contributed by atoms with Crippen molar-refractivity contribution in [1.29, 1.82) is 0 Å². The summed E-state index contributed by atoms with van der Waals surface area (Å²) in [4.78, 5) is 17.3. The number of carbonyl (C=O) groups is 1. The van der Waals surface area contributed by atoms with Gasteiger partial charge in [-0.3, -0.25) is 4.79 Å². The third-order valence-electron chi connectivity index (χ3n) is 1.48. The van der Waals surface area contributed by atoms with Gasteiger partial charge in [-0.2, -0.15) is 0 Å². The molecule has 0 unspecified atom stereocenters. The molecule has 4 nitrogen and oxygen atoms in total. The summed E-state index contributed by atoms with van der Waals surface area (Å²) in [6.45, 7) is 1.84. The normalized spacial score (nSPS) is 9.69. The molecule has 0 atom stereocenters. The lowest BCUT2D eigenvalue weighted by Gasteiger charge is -2.05. The van der Waals surface area contributed by atoms with Gasteiger partial charge in [-0.1, -0.05) is 24.0 Å². The van der Waals surface area contributed by atoms with Gasteiger partial charge in [-0.25, -0.2) is 4.98 Å². The maximum atomic E-state index is 10.2. The number of H-pyrrole nitrogens is 1. The molecule has 0 fully saturated rings. The van der Waals surface area contributed by atoms with E-state index >= 15 is 0 Å². The fourth-order valence-corrected chi connectivity index (χ4v) is 1.68. The molecular formula is C7H9N3OS2. The molecule has 0 aromatic carbocycles. The zero-order valence-corrected chi connectivity index (χ0v) is 8.88. The van der Waals surface area contributed by atoms with Gasteiger partial charge in [0.1, 0.15) is 0 Å². The van der Waals surface area contributed by atoms with E-state index in [1.807, 2.05) is 13.2 Å². The average Bonchev–Trinajstić information content (AvgIpc) is 2.11. The van der Waals surface area contributed by atoms with Crippen molar-refractivity contribution in [1.82, 2.24) is 9.97 Å². The van der Waals surface area contributed by atoms with Crippen molar-refractivity contribution in [2.24, 2.45) is 0 Å². The summed E-state index contributed by atoms with van der Waals surface area (Å²) < 4.78 is 0.410. The van der Waals surface area contributed by atoms with Crippen LogP contribution in [0.4, 0.5) is 5.69 Å². The Labute approximate surface area is 85.2 Å². The number of aromatic amines is 1. The zero-order valence-electron chi connectivity index (χ0n) is 7.25. The minimum atomic E-state index is 0.410. The number of rotatable bonds is 3. The number of nitrogens with one attached hydrogen (secondary N) is 2. The van der Waals surface area contributed by atoms with Crippen LogP contribution in [0.25, 0.3) is 0 Å². The number of amides is 1. The maximum Gasteiger partial charge on any atom is 0.211 e. The highest BCUT2D eigenvalue weighted by Crippen LogP contribution is 2.16. The maximum absolute atomic E-state index is 10.2. The molecule has 13 heavy (non-hydrogen) atoms. The van der Waals surface area contributed by atoms with Crippen molar-refractivity contribution in [2.75, 3.05) is 11.6 Å². The zero-order chi connectivity index (χ0) is 9.84. The minimum Gasteiger partial charge on any atom is -0.336 e. The van der Waals surface area contributed by atoms with Gasteiger partial charge in [0.2, 0.25) is 6.41 Å². The number of anilines is 1. The van der Waals surface area contributed by atoms with Gasteiger partial charge in [0, 0.05) is 5.69 Å². The van der Waals surface area contributed by atoms with Crippen LogP contribution in [-0.2, 0) is 4.79 Å². The van der Waals surface area contributed by atoms with E-state index in [1.165, 1.54) is 11.8 Å². The van der Waals surface area contributed by atoms with Crippen LogP contribution in [0.1, 0.15) is 5.69 Å². The Bertz CT molecular complexity index is 374. The third kappa shape index (κ3) is 2.28. The van der Waals surface area contributed by atoms with Gasteiger partial charge >= 0.3 is 0 Å². The molecule has 1 aromatic rings. The molecule has 0 saturated carbocycles. The number of hydrogen-bond acceptors (Lipinski definition) is 4. The van der Waals surface area contributed by atoms with Crippen LogP contribution >= 0.6 is 24.0 Å². The van der Waals surface area contributed by atoms with E-state index < -0.39 is 0 Å². The number of nitrogens with zero attached hydrogens (tertiary/aromatic N) is 1. The van der Waals surface area contributed by atoms with E-state index in [0.29, 0.717) is 16.7 Å². The fourth-order valence-electron chi connectivity index (χ4n) is 0.885. The van der Waals surface area contributed by atoms with Crippen LogP contribution in [0.15, 0.2) is 5.16 Å². The first-order valence-electron chi connectivity index (χ1n) is 3.54. The first-order valence-corrected chi connectivity index (χ1v) is 5.17. The minimum absolute atomic E-state index is 0.410. The average molecular weight is 215 g/mol. The van der Waals surface area contributed by atoms with Gasteiger partial charge in [0.25, 0.3) is 0 Å². The molecule has 0 radical (unpaired) electrons. The Morgan fingerprint density at radius 1 is 1.69 bits per heavy atom. The SMILES string of the molecule is CSc1nc(=S)c(NC=O)c(C)[nH]1. The number of thioether (sulfide) groups is 1. The van der Waals surface area contributed by atoms with E-state index in [9.17, 15) is 4.79 Å². The van der Waals surface area contributed by atoms with E-state index in [-0.39, 0.29) is 0 Å². The Morgan fingerprint density at radius 3 is 2.85 bits per heavy atom. The summed E-state index contributed by atoms with van der Waals surface area (Å²) in [5.74, 6) is 0. The Balaban J connectivity index is 3.23. The Kier molecular flexibility index (Phi) is 3.44. The van der Waals surface area contributed by atoms with Crippen LogP contribution in [0.3, 0.4) is 0 Å². The Morgan fingerprint density at radius 2 is 2.38 bits per heavy atom.